The summed E-state index contributed by atoms with van der Waals surface area (Å²) in [4.78, 5) is 11.1. The van der Waals surface area contributed by atoms with Gasteiger partial charge in [0, 0.05) is 0 Å². The summed E-state index contributed by atoms with van der Waals surface area (Å²) in [5.74, 6) is -1.33. The van der Waals surface area contributed by atoms with Crippen molar-refractivity contribution in [2.45, 2.75) is 4.90 Å². The summed E-state index contributed by atoms with van der Waals surface area (Å²) in [5, 5.41) is 9.09. The maximum Gasteiger partial charge on any atom is 0.335 e. The van der Waals surface area contributed by atoms with Crippen LogP contribution in [0.2, 0.25) is 0 Å². The van der Waals surface area contributed by atoms with E-state index in [-0.39, 0.29) is 21.8 Å². The highest BCUT2D eigenvalue weighted by Crippen LogP contribution is 2.23. The number of nitrogens with one attached hydrogen (secondary N) is 2. The Morgan fingerprint density at radius 1 is 0.917 bits per heavy atom. The molecule has 8 nitrogen and oxygen atoms in total. The maximum atomic E-state index is 12.3. The third-order valence-corrected chi connectivity index (χ3v) is 4.79. The molecule has 0 spiro atoms. The van der Waals surface area contributed by atoms with E-state index in [0.717, 1.165) is 18.4 Å². The second-order valence-corrected chi connectivity index (χ2v) is 8.33. The number of sulfonamides is 2. The van der Waals surface area contributed by atoms with E-state index in [1.54, 1.807) is 18.2 Å². The quantitative estimate of drug-likeness (QED) is 0.707. The average Bonchev–Trinajstić information content (AvgIpc) is 2.45. The lowest BCUT2D eigenvalue weighted by Gasteiger charge is -2.11. The molecule has 0 heterocycles. The molecule has 0 fully saturated rings. The van der Waals surface area contributed by atoms with Gasteiger partial charge in [0.15, 0.2) is 0 Å². The third-order valence-electron chi connectivity index (χ3n) is 2.79. The number of hydrogen-bond acceptors (Lipinski definition) is 5. The summed E-state index contributed by atoms with van der Waals surface area (Å²) in [5.41, 5.74) is -0.414. The van der Waals surface area contributed by atoms with Crippen LogP contribution in [-0.4, -0.2) is 34.2 Å². The Balaban J connectivity index is 2.44. The second kappa shape index (κ2) is 6.49. The minimum absolute atomic E-state index is 0.0108. The first-order valence-corrected chi connectivity index (χ1v) is 9.88. The number of hydrogen-bond donors (Lipinski definition) is 3. The molecule has 0 aliphatic carbocycles. The molecule has 0 amide bonds. The zero-order valence-corrected chi connectivity index (χ0v) is 14.1. The van der Waals surface area contributed by atoms with Crippen molar-refractivity contribution < 1.29 is 26.7 Å². The van der Waals surface area contributed by atoms with Crippen LogP contribution in [0.4, 0.5) is 11.4 Å². The largest absolute Gasteiger partial charge is 0.478 e. The highest BCUT2D eigenvalue weighted by Gasteiger charge is 2.16. The molecule has 2 rings (SSSR count). The van der Waals surface area contributed by atoms with E-state index in [9.17, 15) is 21.6 Å². The van der Waals surface area contributed by atoms with Gasteiger partial charge in [0.05, 0.1) is 28.1 Å². The van der Waals surface area contributed by atoms with Crippen LogP contribution >= 0.6 is 0 Å². The molecule has 0 saturated heterocycles. The Morgan fingerprint density at radius 3 is 1.96 bits per heavy atom. The van der Waals surface area contributed by atoms with Crippen LogP contribution in [0.25, 0.3) is 0 Å². The first-order chi connectivity index (χ1) is 11.1. The SMILES string of the molecule is CS(=O)(=O)Nc1cc(NS(=O)(=O)c2ccccc2)cc(C(=O)O)c1. The van der Waals surface area contributed by atoms with E-state index < -0.39 is 26.0 Å². The molecule has 128 valence electrons. The predicted molar refractivity (Wildman–Crippen MR) is 89.1 cm³/mol. The Labute approximate surface area is 139 Å². The smallest absolute Gasteiger partial charge is 0.335 e. The molecule has 0 aliphatic rings. The summed E-state index contributed by atoms with van der Waals surface area (Å²) in [7, 11) is -7.59. The highest BCUT2D eigenvalue weighted by molar-refractivity contribution is 7.92. The van der Waals surface area contributed by atoms with E-state index >= 15 is 0 Å². The molecule has 2 aromatic carbocycles. The number of rotatable bonds is 6. The van der Waals surface area contributed by atoms with Crippen LogP contribution in [0.1, 0.15) is 10.4 Å². The van der Waals surface area contributed by atoms with Gasteiger partial charge in [-0.15, -0.1) is 0 Å². The molecular weight excluding hydrogens is 356 g/mol. The standard InChI is InChI=1S/C14H14N2O6S2/c1-23(19,20)15-11-7-10(14(17)18)8-12(9-11)16-24(21,22)13-5-3-2-4-6-13/h2-9,15-16H,1H3,(H,17,18). The molecule has 2 aromatic rings. The van der Waals surface area contributed by atoms with Gasteiger partial charge in [0.1, 0.15) is 0 Å². The van der Waals surface area contributed by atoms with Crippen molar-refractivity contribution in [3.63, 3.8) is 0 Å². The van der Waals surface area contributed by atoms with Crippen molar-refractivity contribution in [3.8, 4) is 0 Å². The fourth-order valence-electron chi connectivity index (χ4n) is 1.90. The molecule has 24 heavy (non-hydrogen) atoms. The molecule has 3 N–H and O–H groups in total. The number of aromatic carboxylic acids is 1. The zero-order valence-electron chi connectivity index (χ0n) is 12.4. The summed E-state index contributed by atoms with van der Waals surface area (Å²) in [6, 6.07) is 10.8. The molecule has 0 radical (unpaired) electrons. The van der Waals surface area contributed by atoms with Crippen molar-refractivity contribution in [1.82, 2.24) is 0 Å². The van der Waals surface area contributed by atoms with E-state index in [0.29, 0.717) is 0 Å². The third kappa shape index (κ3) is 4.70. The van der Waals surface area contributed by atoms with Crippen LogP contribution in [0.5, 0.6) is 0 Å². The highest BCUT2D eigenvalue weighted by atomic mass is 32.2. The number of carboxylic acid groups (broad SMARTS) is 1. The van der Waals surface area contributed by atoms with E-state index in [1.165, 1.54) is 18.2 Å². The fourth-order valence-corrected chi connectivity index (χ4v) is 3.50. The minimum atomic E-state index is -3.94. The normalized spacial score (nSPS) is 11.7. The lowest BCUT2D eigenvalue weighted by Crippen LogP contribution is -2.15. The number of carbonyl (C=O) groups is 1. The van der Waals surface area contributed by atoms with Gasteiger partial charge in [-0.2, -0.15) is 0 Å². The lowest BCUT2D eigenvalue weighted by molar-refractivity contribution is 0.0697. The molecule has 0 atom stereocenters. The van der Waals surface area contributed by atoms with Gasteiger partial charge in [-0.3, -0.25) is 9.44 Å². The lowest BCUT2D eigenvalue weighted by atomic mass is 10.2. The average molecular weight is 370 g/mol. The van der Waals surface area contributed by atoms with Gasteiger partial charge in [0.2, 0.25) is 10.0 Å². The number of benzene rings is 2. The Hall–Kier alpha value is -2.59. The Kier molecular flexibility index (Phi) is 4.81. The zero-order chi connectivity index (χ0) is 18.0. The molecule has 0 aliphatic heterocycles. The van der Waals surface area contributed by atoms with E-state index in [4.69, 9.17) is 5.11 Å². The Morgan fingerprint density at radius 2 is 1.46 bits per heavy atom. The molecular formula is C14H14N2O6S2. The topological polar surface area (TPSA) is 130 Å². The van der Waals surface area contributed by atoms with Crippen molar-refractivity contribution in [2.24, 2.45) is 0 Å². The van der Waals surface area contributed by atoms with Crippen LogP contribution in [0.3, 0.4) is 0 Å². The summed E-state index contributed by atoms with van der Waals surface area (Å²) < 4.78 is 51.5. The predicted octanol–water partition coefficient (Wildman–Crippen LogP) is 1.56. The molecule has 10 heteroatoms. The van der Waals surface area contributed by atoms with Crippen LogP contribution in [-0.2, 0) is 20.0 Å². The Bertz CT molecular complexity index is 970. The second-order valence-electron chi connectivity index (χ2n) is 4.90. The van der Waals surface area contributed by atoms with E-state index in [1.807, 2.05) is 0 Å². The van der Waals surface area contributed by atoms with Crippen molar-refractivity contribution in [3.05, 3.63) is 54.1 Å². The molecule has 0 unspecified atom stereocenters. The summed E-state index contributed by atoms with van der Waals surface area (Å²) >= 11 is 0. The van der Waals surface area contributed by atoms with Gasteiger partial charge in [-0.1, -0.05) is 18.2 Å². The molecule has 0 saturated carbocycles. The van der Waals surface area contributed by atoms with Gasteiger partial charge in [-0.25, -0.2) is 21.6 Å². The van der Waals surface area contributed by atoms with Crippen molar-refractivity contribution >= 4 is 37.4 Å². The van der Waals surface area contributed by atoms with Crippen molar-refractivity contribution in [2.75, 3.05) is 15.7 Å². The summed E-state index contributed by atoms with van der Waals surface area (Å²) in [6.45, 7) is 0. The molecule has 0 aromatic heterocycles. The van der Waals surface area contributed by atoms with Gasteiger partial charge < -0.3 is 5.11 Å². The first kappa shape index (κ1) is 17.8. The number of anilines is 2. The van der Waals surface area contributed by atoms with E-state index in [2.05, 4.69) is 9.44 Å². The fraction of sp³-hybridized carbons (Fsp3) is 0.0714. The summed E-state index contributed by atoms with van der Waals surface area (Å²) in [6.07, 6.45) is 0.897. The first-order valence-electron chi connectivity index (χ1n) is 6.51. The minimum Gasteiger partial charge on any atom is -0.478 e. The monoisotopic (exact) mass is 370 g/mol. The van der Waals surface area contributed by atoms with Crippen molar-refractivity contribution in [1.29, 1.82) is 0 Å². The van der Waals surface area contributed by atoms with Gasteiger partial charge in [0.25, 0.3) is 10.0 Å². The van der Waals surface area contributed by atoms with Crippen LogP contribution in [0, 0.1) is 0 Å². The van der Waals surface area contributed by atoms with Crippen LogP contribution in [0.15, 0.2) is 53.4 Å². The molecule has 0 bridgehead atoms. The van der Waals surface area contributed by atoms with Crippen LogP contribution < -0.4 is 9.44 Å². The number of carboxylic acids is 1. The van der Waals surface area contributed by atoms with Gasteiger partial charge in [-0.05, 0) is 30.3 Å². The maximum absolute atomic E-state index is 12.3. The van der Waals surface area contributed by atoms with Gasteiger partial charge >= 0.3 is 5.97 Å².